The van der Waals surface area contributed by atoms with Gasteiger partial charge in [-0.1, -0.05) is 72.8 Å². The van der Waals surface area contributed by atoms with Crippen LogP contribution in [0.2, 0.25) is 0 Å². The fraction of sp³-hybridized carbons (Fsp3) is 0. The standard InChI is InChI=1S/C24H21N3O2S/c28-30(29,24-19-11-4-12-20-24)27(25-21-13-5-1-6-14-21)26(22-15-7-2-8-16-22)23-17-9-3-10-18-23/h1-20,25H. The van der Waals surface area contributed by atoms with E-state index in [0.717, 1.165) is 0 Å². The smallest absolute Gasteiger partial charge is 0.278 e. The average molecular weight is 416 g/mol. The van der Waals surface area contributed by atoms with Crippen LogP contribution < -0.4 is 10.4 Å². The summed E-state index contributed by atoms with van der Waals surface area (Å²) in [7, 11) is -3.95. The molecule has 0 unspecified atom stereocenters. The van der Waals surface area contributed by atoms with Gasteiger partial charge in [-0.15, -0.1) is 0 Å². The van der Waals surface area contributed by atoms with E-state index in [1.807, 2.05) is 91.0 Å². The van der Waals surface area contributed by atoms with Crippen LogP contribution in [0.1, 0.15) is 0 Å². The number of nitrogens with one attached hydrogen (secondary N) is 1. The van der Waals surface area contributed by atoms with Gasteiger partial charge in [0.25, 0.3) is 10.0 Å². The normalized spacial score (nSPS) is 11.2. The Hall–Kier alpha value is -3.61. The predicted octanol–water partition coefficient (Wildman–Crippen LogP) is 5.46. The van der Waals surface area contributed by atoms with Gasteiger partial charge in [-0.3, -0.25) is 5.43 Å². The van der Waals surface area contributed by atoms with Crippen LogP contribution in [-0.2, 0) is 10.0 Å². The van der Waals surface area contributed by atoms with Gasteiger partial charge in [-0.25, -0.2) is 13.4 Å². The Kier molecular flexibility index (Phi) is 5.79. The average Bonchev–Trinajstić information content (AvgIpc) is 2.81. The summed E-state index contributed by atoms with van der Waals surface area (Å²) in [5, 5.41) is 1.65. The zero-order valence-corrected chi connectivity index (χ0v) is 17.0. The van der Waals surface area contributed by atoms with Gasteiger partial charge in [-0.2, -0.15) is 0 Å². The first kappa shape index (κ1) is 19.7. The molecule has 0 spiro atoms. The van der Waals surface area contributed by atoms with Crippen molar-refractivity contribution < 1.29 is 8.42 Å². The van der Waals surface area contributed by atoms with Crippen molar-refractivity contribution in [3.8, 4) is 0 Å². The quantitative estimate of drug-likeness (QED) is 0.407. The summed E-state index contributed by atoms with van der Waals surface area (Å²) < 4.78 is 28.7. The third-order valence-corrected chi connectivity index (χ3v) is 6.03. The lowest BCUT2D eigenvalue weighted by atomic mass is 10.2. The highest BCUT2D eigenvalue weighted by molar-refractivity contribution is 7.89. The van der Waals surface area contributed by atoms with E-state index in [0.29, 0.717) is 17.1 Å². The Labute approximate surface area is 176 Å². The Morgan fingerprint density at radius 3 is 1.40 bits per heavy atom. The first-order valence-corrected chi connectivity index (χ1v) is 10.9. The van der Waals surface area contributed by atoms with Crippen LogP contribution in [-0.4, -0.2) is 12.9 Å². The maximum Gasteiger partial charge on any atom is 0.278 e. The molecule has 5 nitrogen and oxygen atoms in total. The summed E-state index contributed by atoms with van der Waals surface area (Å²) in [5.74, 6) is 0. The largest absolute Gasteiger partial charge is 0.287 e. The van der Waals surface area contributed by atoms with Gasteiger partial charge < -0.3 is 0 Å². The SMILES string of the molecule is O=S(=O)(c1ccccc1)N(Nc1ccccc1)N(c1ccccc1)c1ccccc1. The zero-order valence-electron chi connectivity index (χ0n) is 16.2. The molecule has 0 bridgehead atoms. The maximum atomic E-state index is 13.7. The van der Waals surface area contributed by atoms with Crippen LogP contribution in [0.15, 0.2) is 126 Å². The van der Waals surface area contributed by atoms with Crippen molar-refractivity contribution in [2.75, 3.05) is 10.4 Å². The highest BCUT2D eigenvalue weighted by Crippen LogP contribution is 2.31. The topological polar surface area (TPSA) is 52.7 Å². The Balaban J connectivity index is 1.90. The zero-order chi connectivity index (χ0) is 20.8. The summed E-state index contributed by atoms with van der Waals surface area (Å²) in [6.07, 6.45) is 0. The second kappa shape index (κ2) is 8.82. The molecule has 0 atom stereocenters. The highest BCUT2D eigenvalue weighted by atomic mass is 32.2. The molecule has 0 amide bonds. The summed E-state index contributed by atoms with van der Waals surface area (Å²) in [5.41, 5.74) is 5.13. The molecule has 0 saturated carbocycles. The van der Waals surface area contributed by atoms with Gasteiger partial charge in [0, 0.05) is 0 Å². The van der Waals surface area contributed by atoms with Crippen LogP contribution >= 0.6 is 0 Å². The molecule has 4 rings (SSSR count). The second-order valence-electron chi connectivity index (χ2n) is 6.52. The van der Waals surface area contributed by atoms with E-state index >= 15 is 0 Å². The van der Waals surface area contributed by atoms with Gasteiger partial charge in [-0.05, 0) is 53.1 Å². The number of nitrogens with zero attached hydrogens (tertiary/aromatic N) is 2. The van der Waals surface area contributed by atoms with Gasteiger partial charge in [0.1, 0.15) is 0 Å². The number of hydrogen-bond acceptors (Lipinski definition) is 4. The van der Waals surface area contributed by atoms with Crippen molar-refractivity contribution in [2.24, 2.45) is 0 Å². The molecule has 0 radical (unpaired) electrons. The molecular weight excluding hydrogens is 394 g/mol. The van der Waals surface area contributed by atoms with Gasteiger partial charge in [0.2, 0.25) is 0 Å². The summed E-state index contributed by atoms with van der Waals surface area (Å²) in [6, 6.07) is 36.4. The molecule has 0 aliphatic carbocycles. The Morgan fingerprint density at radius 2 is 0.933 bits per heavy atom. The third-order valence-electron chi connectivity index (χ3n) is 4.45. The van der Waals surface area contributed by atoms with Gasteiger partial charge in [0.05, 0.1) is 22.0 Å². The van der Waals surface area contributed by atoms with Crippen LogP contribution in [0.4, 0.5) is 17.1 Å². The molecule has 30 heavy (non-hydrogen) atoms. The molecule has 0 fully saturated rings. The first-order valence-electron chi connectivity index (χ1n) is 9.48. The van der Waals surface area contributed by atoms with Crippen LogP contribution in [0, 0.1) is 0 Å². The molecule has 6 heteroatoms. The minimum absolute atomic E-state index is 0.185. The number of hydrazine groups is 2. The van der Waals surface area contributed by atoms with E-state index in [-0.39, 0.29) is 4.90 Å². The van der Waals surface area contributed by atoms with Crippen molar-refractivity contribution in [3.05, 3.63) is 121 Å². The molecule has 4 aromatic carbocycles. The van der Waals surface area contributed by atoms with Crippen LogP contribution in [0.3, 0.4) is 0 Å². The molecular formula is C24H21N3O2S. The van der Waals surface area contributed by atoms with E-state index in [4.69, 9.17) is 0 Å². The number of rotatable bonds is 7. The van der Waals surface area contributed by atoms with Gasteiger partial charge >= 0.3 is 0 Å². The van der Waals surface area contributed by atoms with E-state index in [2.05, 4.69) is 5.43 Å². The fourth-order valence-corrected chi connectivity index (χ4v) is 4.36. The van der Waals surface area contributed by atoms with E-state index < -0.39 is 10.0 Å². The number of sulfonamides is 1. The predicted molar refractivity (Wildman–Crippen MR) is 121 cm³/mol. The molecule has 4 aromatic rings. The summed E-state index contributed by atoms with van der Waals surface area (Å²) >= 11 is 0. The first-order chi connectivity index (χ1) is 14.7. The lowest BCUT2D eigenvalue weighted by Gasteiger charge is -2.35. The summed E-state index contributed by atoms with van der Waals surface area (Å²) in [4.78, 5) is 0.185. The van der Waals surface area contributed by atoms with Crippen LogP contribution in [0.5, 0.6) is 0 Å². The van der Waals surface area contributed by atoms with Crippen molar-refractivity contribution >= 4 is 27.1 Å². The van der Waals surface area contributed by atoms with Crippen molar-refractivity contribution in [1.82, 2.24) is 4.52 Å². The van der Waals surface area contributed by atoms with Crippen molar-refractivity contribution in [2.45, 2.75) is 4.90 Å². The number of para-hydroxylation sites is 3. The minimum atomic E-state index is -3.95. The second-order valence-corrected chi connectivity index (χ2v) is 8.29. The van der Waals surface area contributed by atoms with Crippen LogP contribution in [0.25, 0.3) is 0 Å². The van der Waals surface area contributed by atoms with E-state index in [1.54, 1.807) is 35.3 Å². The number of benzene rings is 4. The highest BCUT2D eigenvalue weighted by Gasteiger charge is 2.32. The minimum Gasteiger partial charge on any atom is -0.287 e. The molecule has 0 aliphatic heterocycles. The molecule has 150 valence electrons. The monoisotopic (exact) mass is 415 g/mol. The molecule has 1 N–H and O–H groups in total. The summed E-state index contributed by atoms with van der Waals surface area (Å²) in [6.45, 7) is 0. The molecule has 0 saturated heterocycles. The maximum absolute atomic E-state index is 13.7. The number of anilines is 3. The van der Waals surface area contributed by atoms with E-state index in [9.17, 15) is 8.42 Å². The third kappa shape index (κ3) is 4.20. The lowest BCUT2D eigenvalue weighted by molar-refractivity contribution is 0.471. The number of hydrogen-bond donors (Lipinski definition) is 1. The Morgan fingerprint density at radius 1 is 0.533 bits per heavy atom. The van der Waals surface area contributed by atoms with E-state index in [1.165, 1.54) is 4.52 Å². The molecule has 0 heterocycles. The van der Waals surface area contributed by atoms with Crippen molar-refractivity contribution in [3.63, 3.8) is 0 Å². The van der Waals surface area contributed by atoms with Crippen molar-refractivity contribution in [1.29, 1.82) is 0 Å². The van der Waals surface area contributed by atoms with Gasteiger partial charge in [0.15, 0.2) is 0 Å². The molecule has 0 aromatic heterocycles. The fourth-order valence-electron chi connectivity index (χ4n) is 3.03. The molecule has 0 aliphatic rings. The lowest BCUT2D eigenvalue weighted by Crippen LogP contribution is -2.47. The Bertz CT molecular complexity index is 1130.